The second-order valence-corrected chi connectivity index (χ2v) is 4.10. The lowest BCUT2D eigenvalue weighted by molar-refractivity contribution is 0.945. The average Bonchev–Trinajstić information content (AvgIpc) is 2.38. The Morgan fingerprint density at radius 2 is 1.59 bits per heavy atom. The molecule has 2 heteroatoms. The summed E-state index contributed by atoms with van der Waals surface area (Å²) in [6, 6.07) is 16.9. The van der Waals surface area contributed by atoms with Gasteiger partial charge in [0.15, 0.2) is 0 Å². The summed E-state index contributed by atoms with van der Waals surface area (Å²) in [7, 11) is 0. The molecule has 0 saturated carbocycles. The number of rotatable bonds is 1. The van der Waals surface area contributed by atoms with Gasteiger partial charge < -0.3 is 5.73 Å². The summed E-state index contributed by atoms with van der Waals surface area (Å²) in [5, 5.41) is 0.706. The van der Waals surface area contributed by atoms with E-state index < -0.39 is 0 Å². The van der Waals surface area contributed by atoms with Crippen molar-refractivity contribution < 1.29 is 0 Å². The zero-order chi connectivity index (χ0) is 12.1. The monoisotopic (exact) mass is 241 g/mol. The van der Waals surface area contributed by atoms with Crippen molar-refractivity contribution in [2.45, 2.75) is 6.04 Å². The molecular weight excluding hydrogens is 230 g/mol. The van der Waals surface area contributed by atoms with E-state index in [1.54, 1.807) is 0 Å². The summed E-state index contributed by atoms with van der Waals surface area (Å²) in [4.78, 5) is 0. The molecule has 0 aliphatic rings. The molecule has 0 spiro atoms. The highest BCUT2D eigenvalue weighted by Gasteiger charge is 2.00. The smallest absolute Gasteiger partial charge is 0.0924 e. The second-order valence-electron chi connectivity index (χ2n) is 3.66. The maximum atomic E-state index is 5.98. The van der Waals surface area contributed by atoms with Crippen molar-refractivity contribution in [2.24, 2.45) is 5.73 Å². The maximum absolute atomic E-state index is 5.98. The van der Waals surface area contributed by atoms with Gasteiger partial charge in [-0.25, -0.2) is 0 Å². The Bertz CT molecular complexity index is 535. The Morgan fingerprint density at radius 1 is 0.941 bits per heavy atom. The third-order valence-electron chi connectivity index (χ3n) is 2.37. The van der Waals surface area contributed by atoms with E-state index in [0.717, 1.165) is 11.1 Å². The molecule has 0 saturated heterocycles. The molecule has 2 aromatic carbocycles. The van der Waals surface area contributed by atoms with Gasteiger partial charge in [0.25, 0.3) is 0 Å². The number of nitrogens with two attached hydrogens (primary N) is 1. The third kappa shape index (κ3) is 3.35. The van der Waals surface area contributed by atoms with Crippen molar-refractivity contribution in [1.29, 1.82) is 0 Å². The van der Waals surface area contributed by atoms with Crippen molar-refractivity contribution >= 4 is 11.6 Å². The summed E-state index contributed by atoms with van der Waals surface area (Å²) >= 11 is 5.81. The van der Waals surface area contributed by atoms with Crippen LogP contribution >= 0.6 is 11.6 Å². The molecule has 1 unspecified atom stereocenters. The lowest BCUT2D eigenvalue weighted by Crippen LogP contribution is -2.07. The molecule has 17 heavy (non-hydrogen) atoms. The molecule has 2 N–H and O–H groups in total. The first kappa shape index (κ1) is 11.7. The van der Waals surface area contributed by atoms with Gasteiger partial charge in [-0.05, 0) is 29.8 Å². The van der Waals surface area contributed by atoms with Crippen LogP contribution in [0.1, 0.15) is 17.2 Å². The number of halogens is 1. The fourth-order valence-electron chi connectivity index (χ4n) is 1.44. The molecule has 0 aromatic heterocycles. The predicted octanol–water partition coefficient (Wildman–Crippen LogP) is 3.39. The Kier molecular flexibility index (Phi) is 3.82. The molecule has 0 bridgehead atoms. The largest absolute Gasteiger partial charge is 0.314 e. The summed E-state index contributed by atoms with van der Waals surface area (Å²) in [5.74, 6) is 6.07. The average molecular weight is 242 g/mol. The molecule has 84 valence electrons. The van der Waals surface area contributed by atoms with Gasteiger partial charge in [-0.15, -0.1) is 0 Å². The minimum Gasteiger partial charge on any atom is -0.314 e. The quantitative estimate of drug-likeness (QED) is 0.761. The SMILES string of the molecule is NC(C#Cc1ccccc1)c1ccc(Cl)cc1. The van der Waals surface area contributed by atoms with Crippen molar-refractivity contribution in [2.75, 3.05) is 0 Å². The number of hydrogen-bond acceptors (Lipinski definition) is 1. The van der Waals surface area contributed by atoms with E-state index in [1.807, 2.05) is 54.6 Å². The van der Waals surface area contributed by atoms with E-state index in [0.29, 0.717) is 5.02 Å². The molecule has 0 amide bonds. The van der Waals surface area contributed by atoms with Gasteiger partial charge in [0.05, 0.1) is 6.04 Å². The molecule has 0 fully saturated rings. The molecule has 2 aromatic rings. The molecular formula is C15H12ClN. The second kappa shape index (κ2) is 5.54. The van der Waals surface area contributed by atoms with Gasteiger partial charge in [-0.3, -0.25) is 0 Å². The highest BCUT2D eigenvalue weighted by molar-refractivity contribution is 6.30. The van der Waals surface area contributed by atoms with E-state index in [9.17, 15) is 0 Å². The highest BCUT2D eigenvalue weighted by Crippen LogP contribution is 2.14. The normalized spacial score (nSPS) is 11.4. The van der Waals surface area contributed by atoms with Crippen LogP contribution in [-0.4, -0.2) is 0 Å². The predicted molar refractivity (Wildman–Crippen MR) is 71.7 cm³/mol. The van der Waals surface area contributed by atoms with Crippen molar-refractivity contribution in [3.05, 3.63) is 70.7 Å². The molecule has 1 nitrogen and oxygen atoms in total. The van der Waals surface area contributed by atoms with Crippen LogP contribution in [0.25, 0.3) is 0 Å². The zero-order valence-electron chi connectivity index (χ0n) is 9.23. The summed E-state index contributed by atoms with van der Waals surface area (Å²) in [6.45, 7) is 0. The fourth-order valence-corrected chi connectivity index (χ4v) is 1.56. The van der Waals surface area contributed by atoms with Crippen LogP contribution < -0.4 is 5.73 Å². The van der Waals surface area contributed by atoms with E-state index in [4.69, 9.17) is 17.3 Å². The van der Waals surface area contributed by atoms with Gasteiger partial charge in [0.1, 0.15) is 0 Å². The van der Waals surface area contributed by atoms with Crippen LogP contribution in [0.4, 0.5) is 0 Å². The number of hydrogen-bond donors (Lipinski definition) is 1. The topological polar surface area (TPSA) is 26.0 Å². The first-order valence-electron chi connectivity index (χ1n) is 5.33. The Hall–Kier alpha value is -1.75. The van der Waals surface area contributed by atoms with Crippen LogP contribution in [0.3, 0.4) is 0 Å². The summed E-state index contributed by atoms with van der Waals surface area (Å²) in [6.07, 6.45) is 0. The van der Waals surface area contributed by atoms with Gasteiger partial charge in [-0.2, -0.15) is 0 Å². The summed E-state index contributed by atoms with van der Waals surface area (Å²) in [5.41, 5.74) is 7.92. The fraction of sp³-hybridized carbons (Fsp3) is 0.0667. The van der Waals surface area contributed by atoms with Crippen molar-refractivity contribution in [3.63, 3.8) is 0 Å². The van der Waals surface area contributed by atoms with E-state index in [1.165, 1.54) is 0 Å². The van der Waals surface area contributed by atoms with Gasteiger partial charge in [0.2, 0.25) is 0 Å². The molecule has 0 aliphatic heterocycles. The first-order valence-corrected chi connectivity index (χ1v) is 5.71. The van der Waals surface area contributed by atoms with Crippen LogP contribution in [-0.2, 0) is 0 Å². The molecule has 2 rings (SSSR count). The van der Waals surface area contributed by atoms with Crippen LogP contribution in [0.15, 0.2) is 54.6 Å². The van der Waals surface area contributed by atoms with Crippen molar-refractivity contribution in [1.82, 2.24) is 0 Å². The van der Waals surface area contributed by atoms with E-state index in [-0.39, 0.29) is 6.04 Å². The standard InChI is InChI=1S/C15H12ClN/c16-14-9-7-13(8-10-14)15(17)11-6-12-4-2-1-3-5-12/h1-5,7-10,15H,17H2. The molecule has 0 heterocycles. The third-order valence-corrected chi connectivity index (χ3v) is 2.63. The Labute approximate surface area is 106 Å². The van der Waals surface area contributed by atoms with Crippen LogP contribution in [0.5, 0.6) is 0 Å². The van der Waals surface area contributed by atoms with E-state index >= 15 is 0 Å². The first-order chi connectivity index (χ1) is 8.25. The highest BCUT2D eigenvalue weighted by atomic mass is 35.5. The van der Waals surface area contributed by atoms with Gasteiger partial charge in [-0.1, -0.05) is 53.8 Å². The Balaban J connectivity index is 2.15. The minimum absolute atomic E-state index is 0.285. The van der Waals surface area contributed by atoms with Crippen LogP contribution in [0.2, 0.25) is 5.02 Å². The summed E-state index contributed by atoms with van der Waals surface area (Å²) < 4.78 is 0. The number of benzene rings is 2. The molecule has 0 radical (unpaired) electrons. The zero-order valence-corrected chi connectivity index (χ0v) is 9.98. The molecule has 0 aliphatic carbocycles. The van der Waals surface area contributed by atoms with Crippen LogP contribution in [0, 0.1) is 11.8 Å². The lowest BCUT2D eigenvalue weighted by Gasteiger charge is -2.03. The Morgan fingerprint density at radius 3 is 2.24 bits per heavy atom. The van der Waals surface area contributed by atoms with Gasteiger partial charge >= 0.3 is 0 Å². The van der Waals surface area contributed by atoms with Gasteiger partial charge in [0, 0.05) is 10.6 Å². The van der Waals surface area contributed by atoms with Crippen molar-refractivity contribution in [3.8, 4) is 11.8 Å². The minimum atomic E-state index is -0.285. The molecule has 1 atom stereocenters. The van der Waals surface area contributed by atoms with E-state index in [2.05, 4.69) is 11.8 Å². The maximum Gasteiger partial charge on any atom is 0.0924 e. The lowest BCUT2D eigenvalue weighted by atomic mass is 10.1.